The van der Waals surface area contributed by atoms with Crippen LogP contribution in [0.4, 0.5) is 10.1 Å². The molecule has 1 rings (SSSR count). The van der Waals surface area contributed by atoms with Gasteiger partial charge in [0, 0.05) is 12.2 Å². The van der Waals surface area contributed by atoms with Gasteiger partial charge in [-0.05, 0) is 24.1 Å². The molecular formula is C13H18FN3O2. The predicted molar refractivity (Wildman–Crippen MR) is 71.0 cm³/mol. The van der Waals surface area contributed by atoms with Gasteiger partial charge < -0.3 is 16.4 Å². The first-order valence-electron chi connectivity index (χ1n) is 6.00. The number of rotatable bonds is 5. The number of anilines is 1. The predicted octanol–water partition coefficient (Wildman–Crippen LogP) is 0.910. The summed E-state index contributed by atoms with van der Waals surface area (Å²) in [5, 5.41) is 4.99. The van der Waals surface area contributed by atoms with Crippen molar-refractivity contribution in [3.63, 3.8) is 0 Å². The molecule has 5 nitrogen and oxygen atoms in total. The smallest absolute Gasteiger partial charge is 0.254 e. The fourth-order valence-corrected chi connectivity index (χ4v) is 1.35. The van der Waals surface area contributed by atoms with Crippen LogP contribution in [0, 0.1) is 11.7 Å². The van der Waals surface area contributed by atoms with Crippen molar-refractivity contribution in [2.45, 2.75) is 13.8 Å². The topological polar surface area (TPSA) is 84.2 Å². The molecule has 0 atom stereocenters. The van der Waals surface area contributed by atoms with E-state index in [1.54, 1.807) is 0 Å². The van der Waals surface area contributed by atoms with Gasteiger partial charge in [0.25, 0.3) is 5.91 Å². The molecule has 0 saturated heterocycles. The molecule has 0 aliphatic heterocycles. The Morgan fingerprint density at radius 3 is 2.63 bits per heavy atom. The SMILES string of the molecule is CC(C)CNC(=O)CNC(=O)c1cc(N)ccc1F. The van der Waals surface area contributed by atoms with Gasteiger partial charge in [0.15, 0.2) is 0 Å². The van der Waals surface area contributed by atoms with Crippen molar-refractivity contribution in [1.29, 1.82) is 0 Å². The first-order chi connectivity index (χ1) is 8.90. The van der Waals surface area contributed by atoms with E-state index in [1.165, 1.54) is 12.1 Å². The number of benzene rings is 1. The minimum atomic E-state index is -0.672. The molecule has 19 heavy (non-hydrogen) atoms. The van der Waals surface area contributed by atoms with Crippen LogP contribution in [-0.4, -0.2) is 24.9 Å². The zero-order valence-corrected chi connectivity index (χ0v) is 11.0. The lowest BCUT2D eigenvalue weighted by Crippen LogP contribution is -2.38. The summed E-state index contributed by atoms with van der Waals surface area (Å²) in [5.41, 5.74) is 5.59. The Labute approximate surface area is 111 Å². The second kappa shape index (κ2) is 6.72. The number of nitrogens with two attached hydrogens (primary N) is 1. The lowest BCUT2D eigenvalue weighted by molar-refractivity contribution is -0.120. The number of hydrogen-bond acceptors (Lipinski definition) is 3. The van der Waals surface area contributed by atoms with Gasteiger partial charge in [0.1, 0.15) is 5.82 Å². The zero-order chi connectivity index (χ0) is 14.4. The second-order valence-corrected chi connectivity index (χ2v) is 4.62. The van der Waals surface area contributed by atoms with Gasteiger partial charge in [-0.3, -0.25) is 9.59 Å². The molecule has 0 bridgehead atoms. The van der Waals surface area contributed by atoms with E-state index < -0.39 is 11.7 Å². The second-order valence-electron chi connectivity index (χ2n) is 4.62. The van der Waals surface area contributed by atoms with Crippen molar-refractivity contribution in [3.05, 3.63) is 29.6 Å². The molecule has 104 valence electrons. The molecule has 0 spiro atoms. The average molecular weight is 267 g/mol. The number of hydrogen-bond donors (Lipinski definition) is 3. The first kappa shape index (κ1) is 14.9. The van der Waals surface area contributed by atoms with Crippen LogP contribution in [0.15, 0.2) is 18.2 Å². The number of carbonyl (C=O) groups excluding carboxylic acids is 2. The molecule has 2 amide bonds. The van der Waals surface area contributed by atoms with E-state index in [9.17, 15) is 14.0 Å². The highest BCUT2D eigenvalue weighted by molar-refractivity contribution is 5.97. The van der Waals surface area contributed by atoms with Crippen LogP contribution in [0.2, 0.25) is 0 Å². The maximum atomic E-state index is 13.4. The van der Waals surface area contributed by atoms with Crippen LogP contribution >= 0.6 is 0 Å². The Bertz CT molecular complexity index is 475. The largest absolute Gasteiger partial charge is 0.399 e. The Morgan fingerprint density at radius 1 is 1.32 bits per heavy atom. The maximum absolute atomic E-state index is 13.4. The van der Waals surface area contributed by atoms with E-state index in [4.69, 9.17) is 5.73 Å². The highest BCUT2D eigenvalue weighted by Gasteiger charge is 2.13. The molecule has 0 aliphatic carbocycles. The van der Waals surface area contributed by atoms with Gasteiger partial charge >= 0.3 is 0 Å². The molecule has 1 aromatic carbocycles. The third-order valence-electron chi connectivity index (χ3n) is 2.35. The highest BCUT2D eigenvalue weighted by atomic mass is 19.1. The van der Waals surface area contributed by atoms with Crippen LogP contribution in [0.1, 0.15) is 24.2 Å². The Balaban J connectivity index is 2.51. The molecule has 0 saturated carbocycles. The van der Waals surface area contributed by atoms with E-state index in [0.717, 1.165) is 6.07 Å². The molecule has 0 fully saturated rings. The van der Waals surface area contributed by atoms with E-state index in [1.807, 2.05) is 13.8 Å². The summed E-state index contributed by atoms with van der Waals surface area (Å²) < 4.78 is 13.4. The third kappa shape index (κ3) is 4.95. The monoisotopic (exact) mass is 267 g/mol. The Morgan fingerprint density at radius 2 is 2.00 bits per heavy atom. The number of nitrogen functional groups attached to an aromatic ring is 1. The molecule has 0 heterocycles. The summed E-state index contributed by atoms with van der Waals surface area (Å²) in [4.78, 5) is 23.1. The normalized spacial score (nSPS) is 10.3. The molecule has 6 heteroatoms. The quantitative estimate of drug-likeness (QED) is 0.693. The van der Waals surface area contributed by atoms with Gasteiger partial charge in [-0.15, -0.1) is 0 Å². The summed E-state index contributed by atoms with van der Waals surface area (Å²) >= 11 is 0. The first-order valence-corrected chi connectivity index (χ1v) is 6.00. The highest BCUT2D eigenvalue weighted by Crippen LogP contribution is 2.11. The summed E-state index contributed by atoms with van der Waals surface area (Å²) in [5.74, 6) is -1.32. The van der Waals surface area contributed by atoms with Crippen molar-refractivity contribution in [2.24, 2.45) is 5.92 Å². The minimum absolute atomic E-state index is 0.170. The van der Waals surface area contributed by atoms with Crippen molar-refractivity contribution >= 4 is 17.5 Å². The van der Waals surface area contributed by atoms with Crippen LogP contribution in [0.3, 0.4) is 0 Å². The average Bonchev–Trinajstić information content (AvgIpc) is 2.36. The molecular weight excluding hydrogens is 249 g/mol. The van der Waals surface area contributed by atoms with E-state index in [-0.39, 0.29) is 23.7 Å². The lowest BCUT2D eigenvalue weighted by Gasteiger charge is -2.09. The maximum Gasteiger partial charge on any atom is 0.254 e. The third-order valence-corrected chi connectivity index (χ3v) is 2.35. The molecule has 4 N–H and O–H groups in total. The minimum Gasteiger partial charge on any atom is -0.399 e. The number of amides is 2. The summed E-state index contributed by atoms with van der Waals surface area (Å²) in [6, 6.07) is 3.71. The number of halogens is 1. The fourth-order valence-electron chi connectivity index (χ4n) is 1.35. The standard InChI is InChI=1S/C13H18FN3O2/c1-8(2)6-16-12(18)7-17-13(19)10-5-9(15)3-4-11(10)14/h3-5,8H,6-7,15H2,1-2H3,(H,16,18)(H,17,19). The van der Waals surface area contributed by atoms with Crippen molar-refractivity contribution < 1.29 is 14.0 Å². The van der Waals surface area contributed by atoms with Gasteiger partial charge in [-0.1, -0.05) is 13.8 Å². The lowest BCUT2D eigenvalue weighted by atomic mass is 10.2. The molecule has 0 unspecified atom stereocenters. The number of carbonyl (C=O) groups is 2. The van der Waals surface area contributed by atoms with Crippen LogP contribution in [0.25, 0.3) is 0 Å². The molecule has 0 radical (unpaired) electrons. The zero-order valence-electron chi connectivity index (χ0n) is 11.0. The van der Waals surface area contributed by atoms with Crippen LogP contribution < -0.4 is 16.4 Å². The Kier molecular flexibility index (Phi) is 5.29. The molecule has 0 aromatic heterocycles. The van der Waals surface area contributed by atoms with Gasteiger partial charge in [0.2, 0.25) is 5.91 Å². The van der Waals surface area contributed by atoms with Gasteiger partial charge in [-0.25, -0.2) is 4.39 Å². The summed E-state index contributed by atoms with van der Waals surface area (Å²) in [6.07, 6.45) is 0. The van der Waals surface area contributed by atoms with Gasteiger partial charge in [0.05, 0.1) is 12.1 Å². The van der Waals surface area contributed by atoms with Crippen LogP contribution in [0.5, 0.6) is 0 Å². The van der Waals surface area contributed by atoms with E-state index >= 15 is 0 Å². The van der Waals surface area contributed by atoms with Gasteiger partial charge in [-0.2, -0.15) is 0 Å². The van der Waals surface area contributed by atoms with Crippen molar-refractivity contribution in [2.75, 3.05) is 18.8 Å². The van der Waals surface area contributed by atoms with E-state index in [2.05, 4.69) is 10.6 Å². The number of nitrogens with one attached hydrogen (secondary N) is 2. The van der Waals surface area contributed by atoms with Crippen molar-refractivity contribution in [1.82, 2.24) is 10.6 Å². The van der Waals surface area contributed by atoms with E-state index in [0.29, 0.717) is 12.5 Å². The Hall–Kier alpha value is -2.11. The summed E-state index contributed by atoms with van der Waals surface area (Å²) in [6.45, 7) is 4.25. The van der Waals surface area contributed by atoms with Crippen LogP contribution in [-0.2, 0) is 4.79 Å². The molecule has 0 aliphatic rings. The molecule has 1 aromatic rings. The van der Waals surface area contributed by atoms with Crippen molar-refractivity contribution in [3.8, 4) is 0 Å². The fraction of sp³-hybridized carbons (Fsp3) is 0.385. The summed E-state index contributed by atoms with van der Waals surface area (Å²) in [7, 11) is 0.